The van der Waals surface area contributed by atoms with Crippen molar-refractivity contribution in [2.75, 3.05) is 0 Å². The minimum atomic E-state index is -0.680. The van der Waals surface area contributed by atoms with Gasteiger partial charge in [-0.2, -0.15) is 0 Å². The van der Waals surface area contributed by atoms with E-state index in [9.17, 15) is 5.11 Å². The second-order valence-corrected chi connectivity index (χ2v) is 3.94. The summed E-state index contributed by atoms with van der Waals surface area (Å²) in [6.07, 6.45) is 6.21. The second kappa shape index (κ2) is 6.22. The van der Waals surface area contributed by atoms with Crippen molar-refractivity contribution >= 4 is 23.1 Å². The Morgan fingerprint density at radius 3 is 1.75 bits per heavy atom. The van der Waals surface area contributed by atoms with Crippen LogP contribution in [0.15, 0.2) is 0 Å². The van der Waals surface area contributed by atoms with Crippen molar-refractivity contribution in [3.63, 3.8) is 0 Å². The van der Waals surface area contributed by atoms with Crippen LogP contribution < -0.4 is 5.11 Å². The molecular formula is C10H20MgO. The van der Waals surface area contributed by atoms with Gasteiger partial charge >= 0.3 is 23.1 Å². The van der Waals surface area contributed by atoms with E-state index in [4.69, 9.17) is 0 Å². The predicted molar refractivity (Wildman–Crippen MR) is 52.8 cm³/mol. The van der Waals surface area contributed by atoms with Crippen LogP contribution in [0.25, 0.3) is 0 Å². The zero-order valence-corrected chi connectivity index (χ0v) is 10.1. The molecule has 0 unspecified atom stereocenters. The van der Waals surface area contributed by atoms with Gasteiger partial charge in [-0.25, -0.2) is 0 Å². The van der Waals surface area contributed by atoms with E-state index in [1.54, 1.807) is 0 Å². The molecule has 1 fully saturated rings. The minimum Gasteiger partial charge on any atom is -0.850 e. The molecular weight excluding hydrogens is 160 g/mol. The molecule has 1 aliphatic rings. The van der Waals surface area contributed by atoms with Crippen molar-refractivity contribution in [3.05, 3.63) is 7.43 Å². The molecule has 1 saturated carbocycles. The zero-order valence-electron chi connectivity index (χ0n) is 8.73. The van der Waals surface area contributed by atoms with Crippen LogP contribution in [0.2, 0.25) is 0 Å². The van der Waals surface area contributed by atoms with Gasteiger partial charge < -0.3 is 12.5 Å². The number of hydrogen-bond donors (Lipinski definition) is 0. The molecule has 2 heteroatoms. The summed E-state index contributed by atoms with van der Waals surface area (Å²) in [5.74, 6) is 0.446. The van der Waals surface area contributed by atoms with Gasteiger partial charge in [0.2, 0.25) is 0 Å². The van der Waals surface area contributed by atoms with Gasteiger partial charge in [-0.1, -0.05) is 51.9 Å². The molecule has 12 heavy (non-hydrogen) atoms. The molecule has 0 aromatic rings. The topological polar surface area (TPSA) is 23.1 Å². The van der Waals surface area contributed by atoms with Gasteiger partial charge in [-0.05, 0) is 0 Å². The molecule has 0 spiro atoms. The van der Waals surface area contributed by atoms with Crippen LogP contribution in [0, 0.1) is 13.3 Å². The first-order chi connectivity index (χ1) is 4.61. The van der Waals surface area contributed by atoms with Gasteiger partial charge in [0, 0.05) is 0 Å². The maximum absolute atomic E-state index is 11.5. The molecule has 0 N–H and O–H groups in total. The molecule has 0 saturated heterocycles. The minimum absolute atomic E-state index is 0. The Labute approximate surface area is 93.1 Å². The summed E-state index contributed by atoms with van der Waals surface area (Å²) in [6.45, 7) is 3.64. The molecule has 0 aromatic heterocycles. The van der Waals surface area contributed by atoms with Gasteiger partial charge in [-0.15, -0.1) is 5.60 Å². The molecule has 0 heterocycles. The molecule has 1 rings (SSSR count). The fraction of sp³-hybridized carbons (Fsp3) is 0.900. The normalized spacial score (nSPS) is 19.2. The van der Waals surface area contributed by atoms with Crippen molar-refractivity contribution < 1.29 is 5.11 Å². The Morgan fingerprint density at radius 1 is 1.08 bits per heavy atom. The van der Waals surface area contributed by atoms with E-state index in [0.717, 1.165) is 12.8 Å². The van der Waals surface area contributed by atoms with Gasteiger partial charge in [0.25, 0.3) is 0 Å². The third-order valence-electron chi connectivity index (χ3n) is 2.59. The molecule has 0 bridgehead atoms. The molecule has 0 atom stereocenters. The molecule has 1 aliphatic carbocycles. The standard InChI is InChI=1S/C9H17O.CH3.Mg/c1-9(2,10)8-6-4-3-5-7-8;;/h8H,3-7H2,1-2H3;1H3;/q2*-1;+2. The van der Waals surface area contributed by atoms with Crippen LogP contribution in [-0.2, 0) is 0 Å². The van der Waals surface area contributed by atoms with Gasteiger partial charge in [0.15, 0.2) is 0 Å². The van der Waals surface area contributed by atoms with E-state index >= 15 is 0 Å². The van der Waals surface area contributed by atoms with Gasteiger partial charge in [0.1, 0.15) is 0 Å². The zero-order chi connectivity index (χ0) is 7.61. The van der Waals surface area contributed by atoms with E-state index in [1.165, 1.54) is 19.3 Å². The molecule has 0 aliphatic heterocycles. The number of hydrogen-bond acceptors (Lipinski definition) is 1. The second-order valence-electron chi connectivity index (χ2n) is 3.94. The fourth-order valence-electron chi connectivity index (χ4n) is 1.80. The maximum Gasteiger partial charge on any atom is 2.00 e. The fourth-order valence-corrected chi connectivity index (χ4v) is 1.80. The third-order valence-corrected chi connectivity index (χ3v) is 2.59. The Balaban J connectivity index is 0. The van der Waals surface area contributed by atoms with Crippen LogP contribution in [0.5, 0.6) is 0 Å². The SMILES string of the molecule is CC(C)([O-])C1CCCCC1.[CH3-].[Mg+2]. The molecule has 1 nitrogen and oxygen atoms in total. The Hall–Kier alpha value is 0.726. The summed E-state index contributed by atoms with van der Waals surface area (Å²) in [6, 6.07) is 0. The van der Waals surface area contributed by atoms with E-state index in [2.05, 4.69) is 0 Å². The van der Waals surface area contributed by atoms with Crippen LogP contribution in [-0.4, -0.2) is 28.7 Å². The molecule has 0 aromatic carbocycles. The van der Waals surface area contributed by atoms with E-state index < -0.39 is 5.60 Å². The molecule has 0 radical (unpaired) electrons. The first-order valence-corrected chi connectivity index (χ1v) is 4.31. The van der Waals surface area contributed by atoms with Crippen molar-refractivity contribution in [1.29, 1.82) is 0 Å². The monoisotopic (exact) mass is 180 g/mol. The average molecular weight is 181 g/mol. The van der Waals surface area contributed by atoms with Crippen LogP contribution in [0.1, 0.15) is 46.0 Å². The summed E-state index contributed by atoms with van der Waals surface area (Å²) in [7, 11) is 0. The smallest absolute Gasteiger partial charge is 0.850 e. The van der Waals surface area contributed by atoms with Crippen molar-refractivity contribution in [2.24, 2.45) is 5.92 Å². The van der Waals surface area contributed by atoms with Crippen LogP contribution >= 0.6 is 0 Å². The molecule has 0 amide bonds. The first kappa shape index (κ1) is 15.2. The Morgan fingerprint density at radius 2 is 1.50 bits per heavy atom. The molecule has 68 valence electrons. The average Bonchev–Trinajstić information content (AvgIpc) is 1.88. The Bertz CT molecular complexity index is 101. The van der Waals surface area contributed by atoms with Crippen molar-refractivity contribution in [1.82, 2.24) is 0 Å². The van der Waals surface area contributed by atoms with Crippen LogP contribution in [0.4, 0.5) is 0 Å². The summed E-state index contributed by atoms with van der Waals surface area (Å²) in [5.41, 5.74) is -0.680. The van der Waals surface area contributed by atoms with Crippen LogP contribution in [0.3, 0.4) is 0 Å². The summed E-state index contributed by atoms with van der Waals surface area (Å²) < 4.78 is 0. The predicted octanol–water partition coefficient (Wildman–Crippen LogP) is 1.78. The third kappa shape index (κ3) is 4.68. The summed E-state index contributed by atoms with van der Waals surface area (Å²) in [4.78, 5) is 0. The quantitative estimate of drug-likeness (QED) is 0.446. The van der Waals surface area contributed by atoms with Crippen molar-refractivity contribution in [3.8, 4) is 0 Å². The van der Waals surface area contributed by atoms with E-state index in [-0.39, 0.29) is 30.5 Å². The van der Waals surface area contributed by atoms with Gasteiger partial charge in [0.05, 0.1) is 0 Å². The number of rotatable bonds is 1. The Kier molecular flexibility index (Phi) is 7.89. The van der Waals surface area contributed by atoms with Gasteiger partial charge in [-0.3, -0.25) is 0 Å². The van der Waals surface area contributed by atoms with Crippen molar-refractivity contribution in [2.45, 2.75) is 51.6 Å². The summed E-state index contributed by atoms with van der Waals surface area (Å²) in [5, 5.41) is 11.5. The maximum atomic E-state index is 11.5. The van der Waals surface area contributed by atoms with E-state index in [0.29, 0.717) is 5.92 Å². The first-order valence-electron chi connectivity index (χ1n) is 4.31. The van der Waals surface area contributed by atoms with E-state index in [1.807, 2.05) is 13.8 Å². The largest absolute Gasteiger partial charge is 2.00 e. The summed E-state index contributed by atoms with van der Waals surface area (Å²) >= 11 is 0.